The van der Waals surface area contributed by atoms with Crippen LogP contribution in [0.25, 0.3) is 10.9 Å². The standard InChI is InChI=1S/C16H12N4O/c1-20(14-4-2-3-11(7-14)9-17)16(21)12-5-6-13-10-18-19-15(13)8-12/h2-8,10H,1H3,(H,18,19). The zero-order valence-electron chi connectivity index (χ0n) is 11.4. The maximum absolute atomic E-state index is 12.5. The number of aromatic amines is 1. The van der Waals surface area contributed by atoms with Crippen LogP contribution in [0.5, 0.6) is 0 Å². The van der Waals surface area contributed by atoms with Gasteiger partial charge in [-0.3, -0.25) is 9.89 Å². The first-order valence-corrected chi connectivity index (χ1v) is 6.40. The molecule has 0 bridgehead atoms. The Labute approximate surface area is 121 Å². The number of carbonyl (C=O) groups is 1. The molecule has 0 unspecified atom stereocenters. The van der Waals surface area contributed by atoms with E-state index in [1.807, 2.05) is 6.07 Å². The Kier molecular flexibility index (Phi) is 3.13. The van der Waals surface area contributed by atoms with Crippen LogP contribution in [-0.4, -0.2) is 23.2 Å². The molecule has 1 amide bonds. The maximum Gasteiger partial charge on any atom is 0.258 e. The Hall–Kier alpha value is -3.13. The van der Waals surface area contributed by atoms with Crippen molar-refractivity contribution in [2.24, 2.45) is 0 Å². The molecule has 1 heterocycles. The molecule has 0 saturated carbocycles. The highest BCUT2D eigenvalue weighted by atomic mass is 16.2. The van der Waals surface area contributed by atoms with Gasteiger partial charge in [0.1, 0.15) is 0 Å². The van der Waals surface area contributed by atoms with Gasteiger partial charge in [0, 0.05) is 23.7 Å². The molecule has 5 nitrogen and oxygen atoms in total. The predicted octanol–water partition coefficient (Wildman–Crippen LogP) is 2.71. The summed E-state index contributed by atoms with van der Waals surface area (Å²) in [5, 5.41) is 16.7. The topological polar surface area (TPSA) is 72.8 Å². The maximum atomic E-state index is 12.5. The third kappa shape index (κ3) is 2.35. The molecule has 3 rings (SSSR count). The van der Waals surface area contributed by atoms with E-state index in [4.69, 9.17) is 5.26 Å². The summed E-state index contributed by atoms with van der Waals surface area (Å²) in [7, 11) is 1.69. The van der Waals surface area contributed by atoms with Crippen molar-refractivity contribution in [3.05, 3.63) is 59.8 Å². The molecule has 0 spiro atoms. The molecule has 0 fully saturated rings. The summed E-state index contributed by atoms with van der Waals surface area (Å²) >= 11 is 0. The van der Waals surface area contributed by atoms with Crippen LogP contribution < -0.4 is 4.90 Å². The van der Waals surface area contributed by atoms with Gasteiger partial charge in [-0.1, -0.05) is 12.1 Å². The number of hydrogen-bond donors (Lipinski definition) is 1. The van der Waals surface area contributed by atoms with Gasteiger partial charge in [-0.25, -0.2) is 0 Å². The molecule has 0 aliphatic rings. The molecule has 3 aromatic rings. The SMILES string of the molecule is CN(C(=O)c1ccc2cn[nH]c2c1)c1cccc(C#N)c1. The minimum Gasteiger partial charge on any atom is -0.311 e. The highest BCUT2D eigenvalue weighted by Crippen LogP contribution is 2.19. The molecular weight excluding hydrogens is 264 g/mol. The van der Waals surface area contributed by atoms with E-state index >= 15 is 0 Å². The Morgan fingerprint density at radius 2 is 2.14 bits per heavy atom. The molecule has 21 heavy (non-hydrogen) atoms. The van der Waals surface area contributed by atoms with Crippen LogP contribution in [0.1, 0.15) is 15.9 Å². The Balaban J connectivity index is 1.94. The lowest BCUT2D eigenvalue weighted by Gasteiger charge is -2.17. The van der Waals surface area contributed by atoms with Crippen LogP contribution in [0.4, 0.5) is 5.69 Å². The van der Waals surface area contributed by atoms with Gasteiger partial charge in [0.2, 0.25) is 0 Å². The number of hydrogen-bond acceptors (Lipinski definition) is 3. The number of nitriles is 1. The first-order chi connectivity index (χ1) is 10.2. The molecule has 0 saturated heterocycles. The molecule has 0 aliphatic carbocycles. The summed E-state index contributed by atoms with van der Waals surface area (Å²) in [6.45, 7) is 0. The van der Waals surface area contributed by atoms with Crippen molar-refractivity contribution in [3.63, 3.8) is 0 Å². The van der Waals surface area contributed by atoms with Crippen molar-refractivity contribution in [3.8, 4) is 6.07 Å². The number of nitrogens with one attached hydrogen (secondary N) is 1. The van der Waals surface area contributed by atoms with Crippen molar-refractivity contribution in [2.75, 3.05) is 11.9 Å². The molecule has 2 aromatic carbocycles. The van der Waals surface area contributed by atoms with Crippen LogP contribution in [0.2, 0.25) is 0 Å². The second kappa shape index (κ2) is 5.10. The van der Waals surface area contributed by atoms with Crippen LogP contribution in [0.15, 0.2) is 48.7 Å². The first-order valence-electron chi connectivity index (χ1n) is 6.40. The van der Waals surface area contributed by atoms with Crippen LogP contribution in [-0.2, 0) is 0 Å². The number of rotatable bonds is 2. The molecule has 0 aliphatic heterocycles. The van der Waals surface area contributed by atoms with Gasteiger partial charge < -0.3 is 4.90 Å². The van der Waals surface area contributed by atoms with E-state index in [2.05, 4.69) is 16.3 Å². The zero-order valence-corrected chi connectivity index (χ0v) is 11.4. The van der Waals surface area contributed by atoms with Gasteiger partial charge in [0.05, 0.1) is 23.3 Å². The van der Waals surface area contributed by atoms with Crippen molar-refractivity contribution in [2.45, 2.75) is 0 Å². The third-order valence-electron chi connectivity index (χ3n) is 3.36. The largest absolute Gasteiger partial charge is 0.311 e. The van der Waals surface area contributed by atoms with Crippen LogP contribution in [0.3, 0.4) is 0 Å². The van der Waals surface area contributed by atoms with E-state index in [-0.39, 0.29) is 5.91 Å². The normalized spacial score (nSPS) is 10.3. The van der Waals surface area contributed by atoms with Gasteiger partial charge in [-0.2, -0.15) is 10.4 Å². The van der Waals surface area contributed by atoms with Crippen LogP contribution >= 0.6 is 0 Å². The monoisotopic (exact) mass is 276 g/mol. The Morgan fingerprint density at radius 3 is 2.95 bits per heavy atom. The Morgan fingerprint density at radius 1 is 1.29 bits per heavy atom. The number of nitrogens with zero attached hydrogens (tertiary/aromatic N) is 3. The zero-order chi connectivity index (χ0) is 14.8. The lowest BCUT2D eigenvalue weighted by atomic mass is 10.1. The second-order valence-corrected chi connectivity index (χ2v) is 4.70. The molecule has 5 heteroatoms. The molecule has 1 N–H and O–H groups in total. The number of anilines is 1. The highest BCUT2D eigenvalue weighted by molar-refractivity contribution is 6.07. The average Bonchev–Trinajstić information content (AvgIpc) is 3.01. The number of amides is 1. The van der Waals surface area contributed by atoms with Crippen molar-refractivity contribution in [1.82, 2.24) is 10.2 Å². The average molecular weight is 276 g/mol. The first kappa shape index (κ1) is 12.9. The molecule has 102 valence electrons. The summed E-state index contributed by atoms with van der Waals surface area (Å²) in [6, 6.07) is 14.4. The summed E-state index contributed by atoms with van der Waals surface area (Å²) < 4.78 is 0. The Bertz CT molecular complexity index is 860. The lowest BCUT2D eigenvalue weighted by molar-refractivity contribution is 0.0993. The fraction of sp³-hybridized carbons (Fsp3) is 0.0625. The van der Waals surface area contributed by atoms with Gasteiger partial charge in [-0.15, -0.1) is 0 Å². The molecular formula is C16H12N4O. The van der Waals surface area contributed by atoms with E-state index in [0.29, 0.717) is 16.8 Å². The number of benzene rings is 2. The van der Waals surface area contributed by atoms with Gasteiger partial charge in [-0.05, 0) is 30.3 Å². The van der Waals surface area contributed by atoms with E-state index in [0.717, 1.165) is 10.9 Å². The lowest BCUT2D eigenvalue weighted by Crippen LogP contribution is -2.26. The van der Waals surface area contributed by atoms with E-state index in [9.17, 15) is 4.79 Å². The van der Waals surface area contributed by atoms with E-state index in [1.165, 1.54) is 4.90 Å². The minimum atomic E-state index is -0.137. The van der Waals surface area contributed by atoms with Crippen molar-refractivity contribution in [1.29, 1.82) is 5.26 Å². The second-order valence-electron chi connectivity index (χ2n) is 4.70. The number of H-pyrrole nitrogens is 1. The van der Waals surface area contributed by atoms with Crippen molar-refractivity contribution >= 4 is 22.5 Å². The third-order valence-corrected chi connectivity index (χ3v) is 3.36. The quantitative estimate of drug-likeness (QED) is 0.782. The summed E-state index contributed by atoms with van der Waals surface area (Å²) in [4.78, 5) is 14.0. The molecule has 1 aromatic heterocycles. The molecule has 0 atom stereocenters. The number of fused-ring (bicyclic) bond motifs is 1. The fourth-order valence-corrected chi connectivity index (χ4v) is 2.17. The molecule has 0 radical (unpaired) electrons. The van der Waals surface area contributed by atoms with E-state index < -0.39 is 0 Å². The summed E-state index contributed by atoms with van der Waals surface area (Å²) in [5.74, 6) is -0.137. The number of carbonyl (C=O) groups excluding carboxylic acids is 1. The smallest absolute Gasteiger partial charge is 0.258 e. The van der Waals surface area contributed by atoms with Gasteiger partial charge in [0.25, 0.3) is 5.91 Å². The predicted molar refractivity (Wildman–Crippen MR) is 80.0 cm³/mol. The minimum absolute atomic E-state index is 0.137. The van der Waals surface area contributed by atoms with Gasteiger partial charge in [0.15, 0.2) is 0 Å². The fourth-order valence-electron chi connectivity index (χ4n) is 2.17. The number of aromatic nitrogens is 2. The van der Waals surface area contributed by atoms with E-state index in [1.54, 1.807) is 49.6 Å². The van der Waals surface area contributed by atoms with Crippen LogP contribution in [0, 0.1) is 11.3 Å². The summed E-state index contributed by atoms with van der Waals surface area (Å²) in [6.07, 6.45) is 1.71. The summed E-state index contributed by atoms with van der Waals surface area (Å²) in [5.41, 5.74) is 2.59. The highest BCUT2D eigenvalue weighted by Gasteiger charge is 2.14. The van der Waals surface area contributed by atoms with Gasteiger partial charge >= 0.3 is 0 Å². The van der Waals surface area contributed by atoms with Crippen molar-refractivity contribution < 1.29 is 4.79 Å².